The average Bonchev–Trinajstić information content (AvgIpc) is 2.53. The third kappa shape index (κ3) is 2.60. The molecule has 0 aliphatic carbocycles. The van der Waals surface area contributed by atoms with Crippen LogP contribution in [0.1, 0.15) is 11.1 Å². The Morgan fingerprint density at radius 2 is 2.00 bits per heavy atom. The molecule has 6 nitrogen and oxygen atoms in total. The number of amides is 2. The lowest BCUT2D eigenvalue weighted by atomic mass is 10.1. The van der Waals surface area contributed by atoms with Gasteiger partial charge in [-0.1, -0.05) is 12.1 Å². The Bertz CT molecular complexity index is 605. The first kappa shape index (κ1) is 13.6. The minimum atomic E-state index is -0.433. The number of nitrogens with one attached hydrogen (secondary N) is 1. The van der Waals surface area contributed by atoms with Crippen LogP contribution in [0.5, 0.6) is 0 Å². The number of carbonyl (C=O) groups is 2. The molecule has 1 aromatic rings. The van der Waals surface area contributed by atoms with Crippen molar-refractivity contribution in [2.45, 2.75) is 12.6 Å². The van der Waals surface area contributed by atoms with Gasteiger partial charge in [-0.05, 0) is 17.7 Å². The number of nitriles is 1. The van der Waals surface area contributed by atoms with Crippen LogP contribution in [0.25, 0.3) is 0 Å². The average molecular weight is 284 g/mol. The Morgan fingerprint density at radius 3 is 2.71 bits per heavy atom. The number of benzene rings is 1. The summed E-state index contributed by atoms with van der Waals surface area (Å²) in [6.45, 7) is 3.02. The minimum Gasteiger partial charge on any atom is -0.328 e. The Labute approximate surface area is 122 Å². The normalized spacial score (nSPS) is 22.0. The van der Waals surface area contributed by atoms with Crippen molar-refractivity contribution in [2.75, 3.05) is 26.2 Å². The zero-order valence-electron chi connectivity index (χ0n) is 11.6. The Balaban J connectivity index is 1.74. The van der Waals surface area contributed by atoms with E-state index in [2.05, 4.69) is 11.4 Å². The quantitative estimate of drug-likeness (QED) is 0.757. The van der Waals surface area contributed by atoms with Crippen LogP contribution in [0, 0.1) is 11.3 Å². The second kappa shape index (κ2) is 5.54. The van der Waals surface area contributed by atoms with Crippen LogP contribution in [-0.4, -0.2) is 53.8 Å². The molecule has 1 aromatic carbocycles. The van der Waals surface area contributed by atoms with Gasteiger partial charge in [0.25, 0.3) is 0 Å². The summed E-state index contributed by atoms with van der Waals surface area (Å²) in [6, 6.07) is 9.21. The highest BCUT2D eigenvalue weighted by Crippen LogP contribution is 2.17. The molecule has 2 aliphatic heterocycles. The van der Waals surface area contributed by atoms with Gasteiger partial charge in [0.1, 0.15) is 0 Å². The molecule has 0 bridgehead atoms. The molecule has 0 saturated carbocycles. The predicted molar refractivity (Wildman–Crippen MR) is 74.9 cm³/mol. The standard InChI is InChI=1S/C15H16N4O2/c16-7-11-1-3-12(4-2-11)9-18-10-13-8-17-5-6-19(13)15(21)14(18)20/h1-4,13,17H,5-6,8-10H2. The summed E-state index contributed by atoms with van der Waals surface area (Å²) in [5, 5.41) is 12.0. The summed E-state index contributed by atoms with van der Waals surface area (Å²) < 4.78 is 0. The van der Waals surface area contributed by atoms with E-state index in [0.29, 0.717) is 25.2 Å². The van der Waals surface area contributed by atoms with E-state index in [4.69, 9.17) is 5.26 Å². The zero-order chi connectivity index (χ0) is 14.8. The molecule has 1 N–H and O–H groups in total. The molecule has 2 fully saturated rings. The SMILES string of the molecule is N#Cc1ccc(CN2CC3CNCCN3C(=O)C2=O)cc1. The van der Waals surface area contributed by atoms with Crippen molar-refractivity contribution >= 4 is 11.8 Å². The van der Waals surface area contributed by atoms with Gasteiger partial charge in [-0.15, -0.1) is 0 Å². The topological polar surface area (TPSA) is 76.4 Å². The number of hydrogen-bond acceptors (Lipinski definition) is 4. The van der Waals surface area contributed by atoms with Gasteiger partial charge < -0.3 is 15.1 Å². The number of piperazine rings is 2. The number of rotatable bonds is 2. The fourth-order valence-corrected chi connectivity index (χ4v) is 2.83. The zero-order valence-corrected chi connectivity index (χ0v) is 11.6. The largest absolute Gasteiger partial charge is 0.328 e. The van der Waals surface area contributed by atoms with Crippen molar-refractivity contribution in [1.82, 2.24) is 15.1 Å². The van der Waals surface area contributed by atoms with E-state index < -0.39 is 11.8 Å². The highest BCUT2D eigenvalue weighted by atomic mass is 16.2. The fraction of sp³-hybridized carbons (Fsp3) is 0.400. The third-order valence-corrected chi connectivity index (χ3v) is 3.97. The molecule has 6 heteroatoms. The van der Waals surface area contributed by atoms with E-state index in [0.717, 1.165) is 18.7 Å². The van der Waals surface area contributed by atoms with Crippen LogP contribution in [0.2, 0.25) is 0 Å². The van der Waals surface area contributed by atoms with Crippen LogP contribution in [0.3, 0.4) is 0 Å². The van der Waals surface area contributed by atoms with Gasteiger partial charge in [-0.3, -0.25) is 9.59 Å². The lowest BCUT2D eigenvalue weighted by Crippen LogP contribution is -2.65. The van der Waals surface area contributed by atoms with E-state index in [9.17, 15) is 9.59 Å². The fourth-order valence-electron chi connectivity index (χ4n) is 2.83. The molecule has 1 unspecified atom stereocenters. The number of carbonyl (C=O) groups excluding carboxylic acids is 2. The maximum atomic E-state index is 12.2. The molecule has 2 aliphatic rings. The van der Waals surface area contributed by atoms with Crippen LogP contribution < -0.4 is 5.32 Å². The molecule has 1 atom stereocenters. The van der Waals surface area contributed by atoms with Crippen molar-refractivity contribution in [2.24, 2.45) is 0 Å². The van der Waals surface area contributed by atoms with Gasteiger partial charge in [0, 0.05) is 32.7 Å². The summed E-state index contributed by atoms with van der Waals surface area (Å²) in [6.07, 6.45) is 0. The first-order valence-electron chi connectivity index (χ1n) is 6.98. The van der Waals surface area contributed by atoms with E-state index in [1.807, 2.05) is 12.1 Å². The van der Waals surface area contributed by atoms with Gasteiger partial charge in [-0.2, -0.15) is 5.26 Å². The molecule has 0 radical (unpaired) electrons. The summed E-state index contributed by atoms with van der Waals surface area (Å²) in [7, 11) is 0. The second-order valence-corrected chi connectivity index (χ2v) is 5.35. The molecule has 3 rings (SSSR count). The van der Waals surface area contributed by atoms with Crippen molar-refractivity contribution in [3.8, 4) is 6.07 Å². The second-order valence-electron chi connectivity index (χ2n) is 5.35. The summed E-state index contributed by atoms with van der Waals surface area (Å²) in [4.78, 5) is 27.6. The molecule has 2 heterocycles. The van der Waals surface area contributed by atoms with Gasteiger partial charge in [-0.25, -0.2) is 0 Å². The maximum absolute atomic E-state index is 12.2. The van der Waals surface area contributed by atoms with Gasteiger partial charge in [0.2, 0.25) is 0 Å². The predicted octanol–water partition coefficient (Wildman–Crippen LogP) is -0.299. The van der Waals surface area contributed by atoms with E-state index >= 15 is 0 Å². The van der Waals surface area contributed by atoms with Crippen molar-refractivity contribution < 1.29 is 9.59 Å². The highest BCUT2D eigenvalue weighted by Gasteiger charge is 2.39. The van der Waals surface area contributed by atoms with Crippen LogP contribution >= 0.6 is 0 Å². The number of fused-ring (bicyclic) bond motifs is 1. The number of hydrogen-bond donors (Lipinski definition) is 1. The number of nitrogens with zero attached hydrogens (tertiary/aromatic N) is 3. The third-order valence-electron chi connectivity index (χ3n) is 3.97. The maximum Gasteiger partial charge on any atom is 0.312 e. The molecule has 2 amide bonds. The minimum absolute atomic E-state index is 0.0577. The van der Waals surface area contributed by atoms with Crippen LogP contribution in [0.15, 0.2) is 24.3 Å². The van der Waals surface area contributed by atoms with Crippen LogP contribution in [-0.2, 0) is 16.1 Å². The molecule has 0 spiro atoms. The van der Waals surface area contributed by atoms with E-state index in [1.165, 1.54) is 0 Å². The Hall–Kier alpha value is -2.39. The molecule has 2 saturated heterocycles. The van der Waals surface area contributed by atoms with E-state index in [1.54, 1.807) is 21.9 Å². The molecule has 21 heavy (non-hydrogen) atoms. The molecule has 0 aromatic heterocycles. The summed E-state index contributed by atoms with van der Waals surface area (Å²) >= 11 is 0. The first-order chi connectivity index (χ1) is 10.2. The molecular weight excluding hydrogens is 268 g/mol. The first-order valence-corrected chi connectivity index (χ1v) is 6.98. The monoisotopic (exact) mass is 284 g/mol. The lowest BCUT2D eigenvalue weighted by Gasteiger charge is -2.43. The Kier molecular flexibility index (Phi) is 3.59. The molecule has 108 valence electrons. The van der Waals surface area contributed by atoms with Crippen molar-refractivity contribution in [3.63, 3.8) is 0 Å². The van der Waals surface area contributed by atoms with Crippen LogP contribution in [0.4, 0.5) is 0 Å². The summed E-state index contributed by atoms with van der Waals surface area (Å²) in [5.74, 6) is -0.834. The molecular formula is C15H16N4O2. The van der Waals surface area contributed by atoms with Gasteiger partial charge in [0.05, 0.1) is 17.7 Å². The van der Waals surface area contributed by atoms with Gasteiger partial charge >= 0.3 is 11.8 Å². The smallest absolute Gasteiger partial charge is 0.312 e. The highest BCUT2D eigenvalue weighted by molar-refractivity contribution is 6.35. The lowest BCUT2D eigenvalue weighted by molar-refractivity contribution is -0.160. The van der Waals surface area contributed by atoms with Crippen molar-refractivity contribution in [1.29, 1.82) is 5.26 Å². The Morgan fingerprint density at radius 1 is 1.24 bits per heavy atom. The summed E-state index contributed by atoms with van der Waals surface area (Å²) in [5.41, 5.74) is 1.51. The van der Waals surface area contributed by atoms with Gasteiger partial charge in [0.15, 0.2) is 0 Å². The van der Waals surface area contributed by atoms with Crippen molar-refractivity contribution in [3.05, 3.63) is 35.4 Å². The van der Waals surface area contributed by atoms with E-state index in [-0.39, 0.29) is 6.04 Å².